The zero-order valence-electron chi connectivity index (χ0n) is 10.6. The Morgan fingerprint density at radius 1 is 1.42 bits per heavy atom. The molecule has 0 radical (unpaired) electrons. The van der Waals surface area contributed by atoms with Crippen molar-refractivity contribution in [1.82, 2.24) is 20.1 Å². The van der Waals surface area contributed by atoms with Crippen LogP contribution in [-0.4, -0.2) is 39.7 Å². The van der Waals surface area contributed by atoms with Gasteiger partial charge in [-0.25, -0.2) is 9.78 Å². The highest BCUT2D eigenvalue weighted by Crippen LogP contribution is 2.04. The van der Waals surface area contributed by atoms with E-state index in [1.165, 1.54) is 19.5 Å². The zero-order chi connectivity index (χ0) is 13.7. The fourth-order valence-electron chi connectivity index (χ4n) is 1.40. The minimum atomic E-state index is -0.523. The lowest BCUT2D eigenvalue weighted by atomic mass is 10.4. The number of carbonyl (C=O) groups excluding carboxylic acids is 1. The Balaban J connectivity index is 1.90. The normalized spacial score (nSPS) is 10.2. The Hall–Kier alpha value is -2.51. The maximum atomic E-state index is 11.3. The summed E-state index contributed by atoms with van der Waals surface area (Å²) in [6.07, 6.45) is 3.45. The second-order valence-corrected chi connectivity index (χ2v) is 3.69. The number of aryl methyl sites for hydroxylation is 1. The standard InChI is InChI=1S/C11H13N5O3/c1-7-14-9(16-19-7)3-4-13-10-6-12-5-8(15-10)11(17)18-2/h5-6H,3-4H2,1-2H3,(H,13,15). The smallest absolute Gasteiger partial charge is 0.358 e. The molecule has 100 valence electrons. The third kappa shape index (κ3) is 3.47. The van der Waals surface area contributed by atoms with E-state index in [4.69, 9.17) is 4.52 Å². The number of rotatable bonds is 5. The highest BCUT2D eigenvalue weighted by molar-refractivity contribution is 5.87. The highest BCUT2D eigenvalue weighted by atomic mass is 16.5. The van der Waals surface area contributed by atoms with Crippen LogP contribution in [0.3, 0.4) is 0 Å². The molecule has 2 aromatic rings. The van der Waals surface area contributed by atoms with Gasteiger partial charge in [-0.15, -0.1) is 0 Å². The summed E-state index contributed by atoms with van der Waals surface area (Å²) in [6.45, 7) is 2.29. The first-order valence-corrected chi connectivity index (χ1v) is 5.62. The molecule has 0 saturated heterocycles. The van der Waals surface area contributed by atoms with Crippen molar-refractivity contribution in [3.05, 3.63) is 29.8 Å². The summed E-state index contributed by atoms with van der Waals surface area (Å²) in [6, 6.07) is 0. The Labute approximate surface area is 109 Å². The van der Waals surface area contributed by atoms with E-state index in [-0.39, 0.29) is 5.69 Å². The van der Waals surface area contributed by atoms with Gasteiger partial charge in [-0.1, -0.05) is 5.16 Å². The minimum absolute atomic E-state index is 0.155. The topological polar surface area (TPSA) is 103 Å². The van der Waals surface area contributed by atoms with Crippen LogP contribution in [0.25, 0.3) is 0 Å². The van der Waals surface area contributed by atoms with Gasteiger partial charge in [0.2, 0.25) is 5.89 Å². The maximum absolute atomic E-state index is 11.3. The van der Waals surface area contributed by atoms with Gasteiger partial charge in [0.1, 0.15) is 5.82 Å². The van der Waals surface area contributed by atoms with Gasteiger partial charge in [-0.3, -0.25) is 4.98 Å². The predicted molar refractivity (Wildman–Crippen MR) is 64.6 cm³/mol. The molecule has 0 fully saturated rings. The van der Waals surface area contributed by atoms with Gasteiger partial charge in [0, 0.05) is 19.9 Å². The van der Waals surface area contributed by atoms with Crippen molar-refractivity contribution in [2.75, 3.05) is 19.0 Å². The number of aromatic nitrogens is 4. The molecule has 1 N–H and O–H groups in total. The quantitative estimate of drug-likeness (QED) is 0.782. The summed E-state index contributed by atoms with van der Waals surface area (Å²) in [7, 11) is 1.29. The number of esters is 1. The molecule has 0 saturated carbocycles. The zero-order valence-corrected chi connectivity index (χ0v) is 10.6. The Bertz CT molecular complexity index is 569. The molecule has 0 aliphatic carbocycles. The van der Waals surface area contributed by atoms with Crippen LogP contribution in [0, 0.1) is 6.92 Å². The molecule has 8 heteroatoms. The van der Waals surface area contributed by atoms with Crippen LogP contribution in [0.5, 0.6) is 0 Å². The second kappa shape index (κ2) is 5.89. The molecule has 8 nitrogen and oxygen atoms in total. The molecular formula is C11H13N5O3. The molecule has 0 bridgehead atoms. The van der Waals surface area contributed by atoms with Crippen molar-refractivity contribution in [2.45, 2.75) is 13.3 Å². The summed E-state index contributed by atoms with van der Waals surface area (Å²) in [4.78, 5) is 23.3. The summed E-state index contributed by atoms with van der Waals surface area (Å²) in [5.41, 5.74) is 0.155. The summed E-state index contributed by atoms with van der Waals surface area (Å²) < 4.78 is 9.42. The van der Waals surface area contributed by atoms with Crippen molar-refractivity contribution in [2.24, 2.45) is 0 Å². The third-order valence-corrected chi connectivity index (χ3v) is 2.25. The Morgan fingerprint density at radius 2 is 2.26 bits per heavy atom. The lowest BCUT2D eigenvalue weighted by Gasteiger charge is -2.04. The minimum Gasteiger partial charge on any atom is -0.464 e. The molecule has 2 heterocycles. The van der Waals surface area contributed by atoms with Crippen molar-refractivity contribution >= 4 is 11.8 Å². The van der Waals surface area contributed by atoms with Crippen molar-refractivity contribution in [1.29, 1.82) is 0 Å². The van der Waals surface area contributed by atoms with E-state index in [9.17, 15) is 4.79 Å². The van der Waals surface area contributed by atoms with Crippen LogP contribution >= 0.6 is 0 Å². The van der Waals surface area contributed by atoms with Crippen molar-refractivity contribution in [3.8, 4) is 0 Å². The molecule has 19 heavy (non-hydrogen) atoms. The van der Waals surface area contributed by atoms with Gasteiger partial charge in [0.15, 0.2) is 11.5 Å². The largest absolute Gasteiger partial charge is 0.464 e. The molecule has 0 unspecified atom stereocenters. The molecule has 0 aliphatic heterocycles. The van der Waals surface area contributed by atoms with Gasteiger partial charge in [0.05, 0.1) is 19.5 Å². The maximum Gasteiger partial charge on any atom is 0.358 e. The summed E-state index contributed by atoms with van der Waals surface area (Å²) in [5, 5.41) is 6.79. The lowest BCUT2D eigenvalue weighted by molar-refractivity contribution is 0.0593. The molecule has 0 spiro atoms. The average molecular weight is 263 g/mol. The van der Waals surface area contributed by atoms with Crippen molar-refractivity contribution < 1.29 is 14.1 Å². The van der Waals surface area contributed by atoms with E-state index in [1.54, 1.807) is 6.92 Å². The first kappa shape index (κ1) is 12.9. The number of nitrogens with one attached hydrogen (secondary N) is 1. The van der Waals surface area contributed by atoms with Gasteiger partial charge in [0.25, 0.3) is 0 Å². The van der Waals surface area contributed by atoms with E-state index < -0.39 is 5.97 Å². The van der Waals surface area contributed by atoms with Crippen LogP contribution in [0.15, 0.2) is 16.9 Å². The van der Waals surface area contributed by atoms with Crippen LogP contribution < -0.4 is 5.32 Å². The van der Waals surface area contributed by atoms with Gasteiger partial charge >= 0.3 is 5.97 Å². The lowest BCUT2D eigenvalue weighted by Crippen LogP contribution is -2.11. The number of anilines is 1. The van der Waals surface area contributed by atoms with Crippen LogP contribution in [0.4, 0.5) is 5.82 Å². The van der Waals surface area contributed by atoms with E-state index >= 15 is 0 Å². The predicted octanol–water partition coefficient (Wildman–Crippen LogP) is 0.609. The molecule has 0 atom stereocenters. The highest BCUT2D eigenvalue weighted by Gasteiger charge is 2.08. The SMILES string of the molecule is COC(=O)c1cncc(NCCc2noc(C)n2)n1. The van der Waals surface area contributed by atoms with Crippen LogP contribution in [0.2, 0.25) is 0 Å². The number of carbonyl (C=O) groups is 1. The molecular weight excluding hydrogens is 250 g/mol. The number of hydrogen-bond donors (Lipinski definition) is 1. The molecule has 0 aromatic carbocycles. The molecule has 0 amide bonds. The fourth-order valence-corrected chi connectivity index (χ4v) is 1.40. The first-order valence-electron chi connectivity index (χ1n) is 5.62. The molecule has 2 rings (SSSR count). The average Bonchev–Trinajstić information content (AvgIpc) is 2.84. The second-order valence-electron chi connectivity index (χ2n) is 3.69. The monoisotopic (exact) mass is 263 g/mol. The number of nitrogens with zero attached hydrogens (tertiary/aromatic N) is 4. The molecule has 0 aliphatic rings. The van der Waals surface area contributed by atoms with Crippen LogP contribution in [-0.2, 0) is 11.2 Å². The van der Waals surface area contributed by atoms with Gasteiger partial charge in [-0.2, -0.15) is 4.98 Å². The van der Waals surface area contributed by atoms with E-state index in [0.29, 0.717) is 30.5 Å². The number of hydrogen-bond acceptors (Lipinski definition) is 8. The first-order chi connectivity index (χ1) is 9.19. The molecule has 2 aromatic heterocycles. The Kier molecular flexibility index (Phi) is 4.01. The summed E-state index contributed by atoms with van der Waals surface area (Å²) >= 11 is 0. The van der Waals surface area contributed by atoms with Crippen molar-refractivity contribution in [3.63, 3.8) is 0 Å². The number of ether oxygens (including phenoxy) is 1. The van der Waals surface area contributed by atoms with E-state index in [0.717, 1.165) is 0 Å². The number of methoxy groups -OCH3 is 1. The van der Waals surface area contributed by atoms with Crippen LogP contribution in [0.1, 0.15) is 22.2 Å². The fraction of sp³-hybridized carbons (Fsp3) is 0.364. The van der Waals surface area contributed by atoms with E-state index in [1.807, 2.05) is 0 Å². The van der Waals surface area contributed by atoms with Gasteiger partial charge < -0.3 is 14.6 Å². The van der Waals surface area contributed by atoms with E-state index in [2.05, 4.69) is 30.2 Å². The third-order valence-electron chi connectivity index (χ3n) is 2.25. The Morgan fingerprint density at radius 3 is 2.95 bits per heavy atom. The summed E-state index contributed by atoms with van der Waals surface area (Å²) in [5.74, 6) is 1.11. The van der Waals surface area contributed by atoms with Gasteiger partial charge in [-0.05, 0) is 0 Å².